The Labute approximate surface area is 156 Å². The number of hydrogen-bond donors (Lipinski definition) is 1. The number of carbonyl (C=O) groups is 2. The molecule has 0 aliphatic carbocycles. The van der Waals surface area contributed by atoms with Gasteiger partial charge in [0.2, 0.25) is 10.0 Å². The van der Waals surface area contributed by atoms with Gasteiger partial charge in [-0.3, -0.25) is 0 Å². The van der Waals surface area contributed by atoms with E-state index in [1.54, 1.807) is 12.1 Å². The predicted octanol–water partition coefficient (Wildman–Crippen LogP) is 0.839. The van der Waals surface area contributed by atoms with E-state index < -0.39 is 27.7 Å². The molecule has 2 aliphatic heterocycles. The van der Waals surface area contributed by atoms with Crippen LogP contribution in [0.15, 0.2) is 40.9 Å². The number of nitrogens with one attached hydrogen (secondary N) is 1. The lowest BCUT2D eigenvalue weighted by atomic mass is 10.2. The molecule has 2 aliphatic rings. The summed E-state index contributed by atoms with van der Waals surface area (Å²) in [4.78, 5) is 24.0. The standard InChI is InChI=1S/C17H20N2O7S/c1-17(2)25-15(20)14(16(21)26-17)11-18-12-4-3-5-13(10-12)27(22,23)19-6-8-24-9-7-19/h3-5,10-11,18H,6-9H2,1-2H3. The van der Waals surface area contributed by atoms with Gasteiger partial charge in [0, 0.05) is 38.8 Å². The van der Waals surface area contributed by atoms with E-state index in [0.717, 1.165) is 6.20 Å². The van der Waals surface area contributed by atoms with Crippen molar-refractivity contribution in [3.05, 3.63) is 36.0 Å². The van der Waals surface area contributed by atoms with Crippen molar-refractivity contribution in [2.45, 2.75) is 24.5 Å². The van der Waals surface area contributed by atoms with Crippen LogP contribution in [0.3, 0.4) is 0 Å². The fourth-order valence-corrected chi connectivity index (χ4v) is 4.07. The highest BCUT2D eigenvalue weighted by Crippen LogP contribution is 2.24. The maximum atomic E-state index is 12.7. The van der Waals surface area contributed by atoms with Gasteiger partial charge < -0.3 is 19.5 Å². The Hall–Kier alpha value is -2.43. The molecule has 146 valence electrons. The number of nitrogens with zero attached hydrogens (tertiary/aromatic N) is 1. The summed E-state index contributed by atoms with van der Waals surface area (Å²) in [6.45, 7) is 4.18. The number of carbonyl (C=O) groups excluding carboxylic acids is 2. The van der Waals surface area contributed by atoms with Crippen molar-refractivity contribution in [3.63, 3.8) is 0 Å². The summed E-state index contributed by atoms with van der Waals surface area (Å²) >= 11 is 0. The molecule has 0 saturated carbocycles. The fourth-order valence-electron chi connectivity index (χ4n) is 2.62. The second-order valence-corrected chi connectivity index (χ2v) is 8.36. The second-order valence-electron chi connectivity index (χ2n) is 6.43. The van der Waals surface area contributed by atoms with Crippen molar-refractivity contribution in [3.8, 4) is 0 Å². The summed E-state index contributed by atoms with van der Waals surface area (Å²) in [6, 6.07) is 6.08. The molecule has 0 unspecified atom stereocenters. The molecule has 0 amide bonds. The fraction of sp³-hybridized carbons (Fsp3) is 0.412. The van der Waals surface area contributed by atoms with Gasteiger partial charge in [-0.1, -0.05) is 6.07 Å². The van der Waals surface area contributed by atoms with Gasteiger partial charge in [-0.2, -0.15) is 4.31 Å². The Morgan fingerprint density at radius 2 is 1.74 bits per heavy atom. The zero-order valence-corrected chi connectivity index (χ0v) is 15.7. The van der Waals surface area contributed by atoms with Crippen molar-refractivity contribution in [1.82, 2.24) is 4.31 Å². The Bertz CT molecular complexity index is 864. The van der Waals surface area contributed by atoms with Crippen LogP contribution >= 0.6 is 0 Å². The van der Waals surface area contributed by atoms with E-state index in [0.29, 0.717) is 18.9 Å². The third-order valence-corrected chi connectivity index (χ3v) is 5.84. The van der Waals surface area contributed by atoms with Crippen molar-refractivity contribution < 1.29 is 32.2 Å². The van der Waals surface area contributed by atoms with Crippen LogP contribution in [0.25, 0.3) is 0 Å². The summed E-state index contributed by atoms with van der Waals surface area (Å²) in [5.41, 5.74) is 0.0815. The first kappa shape index (κ1) is 19.3. The molecule has 0 bridgehead atoms. The molecule has 0 aromatic heterocycles. The Morgan fingerprint density at radius 3 is 2.37 bits per heavy atom. The monoisotopic (exact) mass is 396 g/mol. The average molecular weight is 396 g/mol. The second kappa shape index (κ2) is 7.29. The minimum atomic E-state index is -3.66. The van der Waals surface area contributed by atoms with Crippen molar-refractivity contribution in [1.29, 1.82) is 0 Å². The maximum absolute atomic E-state index is 12.7. The quantitative estimate of drug-likeness (QED) is 0.453. The van der Waals surface area contributed by atoms with Crippen LogP contribution in [0.5, 0.6) is 0 Å². The third-order valence-electron chi connectivity index (χ3n) is 3.94. The zero-order chi connectivity index (χ0) is 19.7. The van der Waals surface area contributed by atoms with E-state index in [1.165, 1.54) is 30.3 Å². The smallest absolute Gasteiger partial charge is 0.350 e. The summed E-state index contributed by atoms with van der Waals surface area (Å²) in [6.07, 6.45) is 1.14. The van der Waals surface area contributed by atoms with Gasteiger partial charge >= 0.3 is 11.9 Å². The molecular formula is C17H20N2O7S. The molecule has 3 rings (SSSR count). The van der Waals surface area contributed by atoms with Crippen LogP contribution < -0.4 is 5.32 Å². The molecule has 2 heterocycles. The van der Waals surface area contributed by atoms with Crippen LogP contribution in [-0.2, 0) is 33.8 Å². The number of benzene rings is 1. The number of anilines is 1. The number of sulfonamides is 1. The van der Waals surface area contributed by atoms with E-state index in [4.69, 9.17) is 14.2 Å². The number of rotatable bonds is 4. The number of esters is 2. The Kier molecular flexibility index (Phi) is 5.22. The van der Waals surface area contributed by atoms with E-state index in [9.17, 15) is 18.0 Å². The number of morpholine rings is 1. The molecule has 1 N–H and O–H groups in total. The molecule has 9 nitrogen and oxygen atoms in total. The highest BCUT2D eigenvalue weighted by molar-refractivity contribution is 7.89. The number of hydrogen-bond acceptors (Lipinski definition) is 8. The topological polar surface area (TPSA) is 111 Å². The van der Waals surface area contributed by atoms with Gasteiger partial charge in [-0.05, 0) is 18.2 Å². The van der Waals surface area contributed by atoms with Crippen LogP contribution in [-0.4, -0.2) is 56.8 Å². The molecule has 2 saturated heterocycles. The summed E-state index contributed by atoms with van der Waals surface area (Å²) in [5.74, 6) is -2.96. The molecule has 0 atom stereocenters. The van der Waals surface area contributed by atoms with Gasteiger partial charge in [0.25, 0.3) is 5.79 Å². The molecule has 10 heteroatoms. The third kappa shape index (κ3) is 4.29. The molecule has 1 aromatic rings. The highest BCUT2D eigenvalue weighted by atomic mass is 32.2. The molecule has 1 aromatic carbocycles. The summed E-state index contributed by atoms with van der Waals surface area (Å²) in [7, 11) is -3.66. The lowest BCUT2D eigenvalue weighted by Crippen LogP contribution is -2.42. The minimum Gasteiger partial charge on any atom is -0.419 e. The first-order valence-corrected chi connectivity index (χ1v) is 9.74. The van der Waals surface area contributed by atoms with Crippen molar-refractivity contribution in [2.24, 2.45) is 0 Å². The lowest BCUT2D eigenvalue weighted by Gasteiger charge is -2.29. The highest BCUT2D eigenvalue weighted by Gasteiger charge is 2.39. The normalized spacial score (nSPS) is 20.6. The summed E-state index contributed by atoms with van der Waals surface area (Å²) in [5, 5.41) is 2.75. The molecule has 0 spiro atoms. The first-order valence-electron chi connectivity index (χ1n) is 8.30. The molecule has 2 fully saturated rings. The minimum absolute atomic E-state index is 0.0998. The van der Waals surface area contributed by atoms with Gasteiger partial charge in [-0.25, -0.2) is 18.0 Å². The molecular weight excluding hydrogens is 376 g/mol. The molecule has 0 radical (unpaired) electrons. The molecule has 27 heavy (non-hydrogen) atoms. The number of cyclic esters (lactones) is 2. The number of ether oxygens (including phenoxy) is 3. The van der Waals surface area contributed by atoms with E-state index in [2.05, 4.69) is 5.32 Å². The first-order chi connectivity index (χ1) is 12.7. The van der Waals surface area contributed by atoms with Crippen molar-refractivity contribution in [2.75, 3.05) is 31.6 Å². The predicted molar refractivity (Wildman–Crippen MR) is 94.0 cm³/mol. The zero-order valence-electron chi connectivity index (χ0n) is 14.9. The van der Waals surface area contributed by atoms with E-state index >= 15 is 0 Å². The van der Waals surface area contributed by atoms with Crippen LogP contribution in [0, 0.1) is 0 Å². The van der Waals surface area contributed by atoms with Crippen molar-refractivity contribution >= 4 is 27.6 Å². The van der Waals surface area contributed by atoms with Crippen LogP contribution in [0.4, 0.5) is 5.69 Å². The largest absolute Gasteiger partial charge is 0.419 e. The Balaban J connectivity index is 1.78. The van der Waals surface area contributed by atoms with Gasteiger partial charge in [0.05, 0.1) is 18.1 Å². The lowest BCUT2D eigenvalue weighted by molar-refractivity contribution is -0.222. The van der Waals surface area contributed by atoms with Crippen LogP contribution in [0.1, 0.15) is 13.8 Å². The average Bonchev–Trinajstić information content (AvgIpc) is 2.61. The van der Waals surface area contributed by atoms with Gasteiger partial charge in [-0.15, -0.1) is 0 Å². The van der Waals surface area contributed by atoms with Gasteiger partial charge in [0.1, 0.15) is 0 Å². The van der Waals surface area contributed by atoms with E-state index in [1.807, 2.05) is 0 Å². The van der Waals surface area contributed by atoms with Crippen LogP contribution in [0.2, 0.25) is 0 Å². The summed E-state index contributed by atoms with van der Waals surface area (Å²) < 4.78 is 41.9. The maximum Gasteiger partial charge on any atom is 0.350 e. The Morgan fingerprint density at radius 1 is 1.11 bits per heavy atom. The SMILES string of the molecule is CC1(C)OC(=O)C(=CNc2cccc(S(=O)(=O)N3CCOCC3)c2)C(=O)O1. The van der Waals surface area contributed by atoms with Gasteiger partial charge in [0.15, 0.2) is 5.57 Å². The van der Waals surface area contributed by atoms with E-state index in [-0.39, 0.29) is 23.6 Å².